The summed E-state index contributed by atoms with van der Waals surface area (Å²) in [7, 11) is -1.42. The van der Waals surface area contributed by atoms with Crippen LogP contribution in [0.4, 0.5) is 5.69 Å². The molecule has 0 aliphatic rings. The van der Waals surface area contributed by atoms with Crippen molar-refractivity contribution in [2.24, 2.45) is 0 Å². The number of rotatable bonds is 6. The van der Waals surface area contributed by atoms with E-state index in [-0.39, 0.29) is 15.5 Å². The molecule has 0 bridgehead atoms. The summed E-state index contributed by atoms with van der Waals surface area (Å²) >= 11 is 1.03. The number of carbonyl (C=O) groups excluding carboxylic acids is 1. The molecular weight excluding hydrogens is 386 g/mol. The number of ether oxygens (including phenoxy) is 2. The van der Waals surface area contributed by atoms with E-state index in [1.165, 1.54) is 14.2 Å². The molecule has 1 heterocycles. The van der Waals surface area contributed by atoms with E-state index in [0.717, 1.165) is 11.3 Å². The van der Waals surface area contributed by atoms with E-state index >= 15 is 0 Å². The lowest BCUT2D eigenvalue weighted by Crippen LogP contribution is -2.17. The van der Waals surface area contributed by atoms with Crippen LogP contribution >= 0.6 is 11.3 Å². The van der Waals surface area contributed by atoms with Gasteiger partial charge in [-0.05, 0) is 17.7 Å². The summed E-state index contributed by atoms with van der Waals surface area (Å²) in [6.07, 6.45) is 0. The van der Waals surface area contributed by atoms with Gasteiger partial charge in [-0.25, -0.2) is 13.2 Å². The molecule has 0 aliphatic carbocycles. The lowest BCUT2D eigenvalue weighted by molar-refractivity contribution is 0.0602. The van der Waals surface area contributed by atoms with Crippen molar-refractivity contribution < 1.29 is 22.7 Å². The van der Waals surface area contributed by atoms with Crippen molar-refractivity contribution in [3.8, 4) is 16.9 Å². The van der Waals surface area contributed by atoms with E-state index in [9.17, 15) is 13.2 Å². The quantitative estimate of drug-likeness (QED) is 0.629. The van der Waals surface area contributed by atoms with Crippen LogP contribution in [0.15, 0.2) is 64.9 Å². The Morgan fingerprint density at radius 2 is 1.67 bits per heavy atom. The van der Waals surface area contributed by atoms with Crippen molar-refractivity contribution in [2.45, 2.75) is 4.90 Å². The van der Waals surface area contributed by atoms with Crippen LogP contribution in [0.2, 0.25) is 0 Å². The summed E-state index contributed by atoms with van der Waals surface area (Å²) in [4.78, 5) is 12.1. The molecule has 2 aromatic carbocycles. The summed E-state index contributed by atoms with van der Waals surface area (Å²) in [5.41, 5.74) is 1.40. The molecule has 0 spiro atoms. The van der Waals surface area contributed by atoms with E-state index in [1.807, 2.05) is 6.07 Å². The van der Waals surface area contributed by atoms with Crippen LogP contribution in [0.3, 0.4) is 0 Å². The third-order valence-electron chi connectivity index (χ3n) is 3.82. The summed E-state index contributed by atoms with van der Waals surface area (Å²) < 4.78 is 38.9. The predicted molar refractivity (Wildman–Crippen MR) is 105 cm³/mol. The molecule has 0 amide bonds. The Labute approximate surface area is 161 Å². The molecule has 0 fully saturated rings. The number of carbonyl (C=O) groups is 1. The molecule has 27 heavy (non-hydrogen) atoms. The first kappa shape index (κ1) is 18.9. The minimum atomic E-state index is -4.09. The zero-order valence-corrected chi connectivity index (χ0v) is 16.3. The molecule has 1 N–H and O–H groups in total. The molecular formula is C19H17NO5S2. The van der Waals surface area contributed by atoms with Crippen molar-refractivity contribution in [3.63, 3.8) is 0 Å². The summed E-state index contributed by atoms with van der Waals surface area (Å²) in [6, 6.07) is 15.6. The van der Waals surface area contributed by atoms with Crippen LogP contribution in [0.5, 0.6) is 5.75 Å². The fraction of sp³-hybridized carbons (Fsp3) is 0.105. The molecule has 1 aromatic heterocycles. The van der Waals surface area contributed by atoms with Crippen molar-refractivity contribution in [1.29, 1.82) is 0 Å². The number of esters is 1. The monoisotopic (exact) mass is 403 g/mol. The number of benzene rings is 2. The fourth-order valence-corrected chi connectivity index (χ4v) is 5.38. The Morgan fingerprint density at radius 1 is 1.00 bits per heavy atom. The topological polar surface area (TPSA) is 81.7 Å². The van der Waals surface area contributed by atoms with Crippen LogP contribution in [0.1, 0.15) is 9.67 Å². The van der Waals surface area contributed by atoms with E-state index < -0.39 is 16.0 Å². The van der Waals surface area contributed by atoms with Crippen molar-refractivity contribution >= 4 is 33.0 Å². The number of hydrogen-bond acceptors (Lipinski definition) is 6. The number of hydrogen-bond donors (Lipinski definition) is 1. The Balaban J connectivity index is 2.16. The van der Waals surface area contributed by atoms with Gasteiger partial charge in [-0.1, -0.05) is 42.5 Å². The average Bonchev–Trinajstić information content (AvgIpc) is 3.14. The summed E-state index contributed by atoms with van der Waals surface area (Å²) in [5.74, 6) is -0.334. The van der Waals surface area contributed by atoms with Gasteiger partial charge in [0.1, 0.15) is 15.5 Å². The fourth-order valence-electron chi connectivity index (χ4n) is 2.59. The molecule has 0 aliphatic heterocycles. The maximum absolute atomic E-state index is 13.2. The van der Waals surface area contributed by atoms with Gasteiger partial charge in [0.2, 0.25) is 0 Å². The van der Waals surface area contributed by atoms with Gasteiger partial charge in [-0.3, -0.25) is 4.72 Å². The van der Waals surface area contributed by atoms with Gasteiger partial charge in [-0.2, -0.15) is 0 Å². The first-order valence-electron chi connectivity index (χ1n) is 7.89. The highest BCUT2D eigenvalue weighted by molar-refractivity contribution is 7.93. The lowest BCUT2D eigenvalue weighted by atomic mass is 10.1. The van der Waals surface area contributed by atoms with E-state index in [2.05, 4.69) is 4.72 Å². The highest BCUT2D eigenvalue weighted by Gasteiger charge is 2.30. The number of thiophene rings is 1. The molecule has 3 aromatic rings. The predicted octanol–water partition coefficient (Wildman–Crippen LogP) is 4.01. The standard InChI is InChI=1S/C19H17NO5S2/c1-24-16-11-7-6-10-15(16)20-27(22,23)18-14(13-8-4-3-5-9-13)12-26-17(18)19(21)25-2/h3-12,20H,1-2H3. The van der Waals surface area contributed by atoms with Crippen LogP contribution in [0.25, 0.3) is 11.1 Å². The van der Waals surface area contributed by atoms with Gasteiger partial charge in [0.05, 0.1) is 19.9 Å². The molecule has 0 saturated carbocycles. The van der Waals surface area contributed by atoms with Crippen LogP contribution in [-0.2, 0) is 14.8 Å². The Kier molecular flexibility index (Phi) is 5.48. The van der Waals surface area contributed by atoms with Gasteiger partial charge in [0.15, 0.2) is 0 Å². The highest BCUT2D eigenvalue weighted by Crippen LogP contribution is 2.37. The van der Waals surface area contributed by atoms with E-state index in [1.54, 1.807) is 53.9 Å². The SMILES string of the molecule is COC(=O)c1scc(-c2ccccc2)c1S(=O)(=O)Nc1ccccc1OC. The number of sulfonamides is 1. The van der Waals surface area contributed by atoms with E-state index in [0.29, 0.717) is 16.9 Å². The maximum Gasteiger partial charge on any atom is 0.349 e. The highest BCUT2D eigenvalue weighted by atomic mass is 32.2. The minimum Gasteiger partial charge on any atom is -0.495 e. The first-order chi connectivity index (χ1) is 13.0. The Hall–Kier alpha value is -2.84. The summed E-state index contributed by atoms with van der Waals surface area (Å²) in [6.45, 7) is 0. The smallest absolute Gasteiger partial charge is 0.349 e. The summed E-state index contributed by atoms with van der Waals surface area (Å²) in [5, 5.41) is 1.64. The number of methoxy groups -OCH3 is 2. The third-order valence-corrected chi connectivity index (χ3v) is 6.36. The number of anilines is 1. The van der Waals surface area contributed by atoms with Crippen molar-refractivity contribution in [3.05, 3.63) is 64.9 Å². The van der Waals surface area contributed by atoms with Crippen LogP contribution in [-0.4, -0.2) is 28.6 Å². The number of para-hydroxylation sites is 2. The molecule has 140 valence electrons. The number of nitrogens with one attached hydrogen (secondary N) is 1. The van der Waals surface area contributed by atoms with Gasteiger partial charge < -0.3 is 9.47 Å². The normalized spacial score (nSPS) is 11.0. The maximum atomic E-state index is 13.2. The zero-order chi connectivity index (χ0) is 19.4. The van der Waals surface area contributed by atoms with Gasteiger partial charge in [-0.15, -0.1) is 11.3 Å². The second-order valence-electron chi connectivity index (χ2n) is 5.47. The molecule has 0 radical (unpaired) electrons. The molecule has 3 rings (SSSR count). The lowest BCUT2D eigenvalue weighted by Gasteiger charge is -2.13. The molecule has 0 unspecified atom stereocenters. The third kappa shape index (κ3) is 3.81. The average molecular weight is 403 g/mol. The first-order valence-corrected chi connectivity index (χ1v) is 10.2. The second-order valence-corrected chi connectivity index (χ2v) is 7.97. The van der Waals surface area contributed by atoms with Gasteiger partial charge in [0.25, 0.3) is 10.0 Å². The molecule has 0 atom stereocenters. The molecule has 0 saturated heterocycles. The van der Waals surface area contributed by atoms with Crippen LogP contribution < -0.4 is 9.46 Å². The largest absolute Gasteiger partial charge is 0.495 e. The van der Waals surface area contributed by atoms with Gasteiger partial charge >= 0.3 is 5.97 Å². The van der Waals surface area contributed by atoms with Crippen molar-refractivity contribution in [2.75, 3.05) is 18.9 Å². The van der Waals surface area contributed by atoms with Crippen molar-refractivity contribution in [1.82, 2.24) is 0 Å². The molecule has 6 nitrogen and oxygen atoms in total. The Morgan fingerprint density at radius 3 is 2.33 bits per heavy atom. The van der Waals surface area contributed by atoms with E-state index in [4.69, 9.17) is 9.47 Å². The van der Waals surface area contributed by atoms with Gasteiger partial charge in [0, 0.05) is 10.9 Å². The second kappa shape index (κ2) is 7.81. The Bertz CT molecular complexity index is 1060. The van der Waals surface area contributed by atoms with Crippen LogP contribution in [0, 0.1) is 0 Å². The minimum absolute atomic E-state index is 0.0127. The zero-order valence-electron chi connectivity index (χ0n) is 14.6. The molecule has 8 heteroatoms.